The highest BCUT2D eigenvalue weighted by Crippen LogP contribution is 2.27. The Morgan fingerprint density at radius 2 is 2.10 bits per heavy atom. The van der Waals surface area contributed by atoms with Gasteiger partial charge >= 0.3 is 0 Å². The van der Waals surface area contributed by atoms with Crippen LogP contribution in [0.15, 0.2) is 35.5 Å². The van der Waals surface area contributed by atoms with Gasteiger partial charge in [-0.05, 0) is 17.7 Å². The Labute approximate surface area is 123 Å². The Balaban J connectivity index is 1.63. The number of hydrogen-bond acceptors (Lipinski definition) is 4. The van der Waals surface area contributed by atoms with Crippen molar-refractivity contribution in [3.8, 4) is 0 Å². The molecule has 1 atom stereocenters. The zero-order valence-corrected chi connectivity index (χ0v) is 12.1. The smallest absolute Gasteiger partial charge is 0.271 e. The van der Waals surface area contributed by atoms with Gasteiger partial charge in [-0.1, -0.05) is 35.5 Å². The lowest BCUT2D eigenvalue weighted by atomic mass is 10.0. The first-order chi connectivity index (χ1) is 9.84. The van der Waals surface area contributed by atoms with Gasteiger partial charge in [0.15, 0.2) is 6.10 Å². The average Bonchev–Trinajstić information content (AvgIpc) is 2.83. The maximum absolute atomic E-state index is 12.4. The molecule has 1 fully saturated rings. The Morgan fingerprint density at radius 1 is 1.25 bits per heavy atom. The Kier molecular flexibility index (Phi) is 4.25. The van der Waals surface area contributed by atoms with Crippen molar-refractivity contribution < 1.29 is 9.63 Å². The van der Waals surface area contributed by atoms with E-state index in [1.165, 1.54) is 0 Å². The fourth-order valence-electron chi connectivity index (χ4n) is 2.48. The van der Waals surface area contributed by atoms with E-state index < -0.39 is 0 Å². The lowest BCUT2D eigenvalue weighted by molar-refractivity contribution is -0.123. The number of carbonyl (C=O) groups is 1. The molecule has 20 heavy (non-hydrogen) atoms. The molecular weight excluding hydrogens is 272 g/mol. The van der Waals surface area contributed by atoms with Gasteiger partial charge in [-0.25, -0.2) is 0 Å². The zero-order chi connectivity index (χ0) is 13.8. The lowest BCUT2D eigenvalue weighted by Crippen LogP contribution is -2.37. The van der Waals surface area contributed by atoms with Gasteiger partial charge in [-0.3, -0.25) is 4.79 Å². The third-order valence-corrected chi connectivity index (χ3v) is 4.65. The Morgan fingerprint density at radius 3 is 2.95 bits per heavy atom. The van der Waals surface area contributed by atoms with E-state index >= 15 is 0 Å². The van der Waals surface area contributed by atoms with E-state index in [1.54, 1.807) is 0 Å². The number of oxime groups is 1. The van der Waals surface area contributed by atoms with Crippen LogP contribution in [0.1, 0.15) is 24.5 Å². The molecule has 5 heteroatoms. The summed E-state index contributed by atoms with van der Waals surface area (Å²) in [6.07, 6.45) is 1.52. The number of amides is 1. The van der Waals surface area contributed by atoms with E-state index in [1.807, 2.05) is 47.0 Å². The van der Waals surface area contributed by atoms with Crippen LogP contribution in [0.3, 0.4) is 0 Å². The number of nitrogens with zero attached hydrogens (tertiary/aromatic N) is 2. The number of hydrogen-bond donors (Lipinski definition) is 0. The predicted molar refractivity (Wildman–Crippen MR) is 80.8 cm³/mol. The summed E-state index contributed by atoms with van der Waals surface area (Å²) < 4.78 is 0. The Bertz CT molecular complexity index is 496. The van der Waals surface area contributed by atoms with Gasteiger partial charge in [0.2, 0.25) is 0 Å². The summed E-state index contributed by atoms with van der Waals surface area (Å²) in [6.45, 7) is 1.65. The molecule has 3 rings (SSSR count). The number of thioether (sulfide) groups is 1. The molecule has 2 heterocycles. The van der Waals surface area contributed by atoms with Crippen molar-refractivity contribution in [1.82, 2.24) is 4.90 Å². The van der Waals surface area contributed by atoms with Crippen LogP contribution in [0.5, 0.6) is 0 Å². The summed E-state index contributed by atoms with van der Waals surface area (Å²) >= 11 is 1.91. The van der Waals surface area contributed by atoms with E-state index in [2.05, 4.69) is 5.16 Å². The molecular formula is C15H18N2O2S. The molecule has 1 amide bonds. The van der Waals surface area contributed by atoms with Crippen LogP contribution >= 0.6 is 11.8 Å². The molecule has 0 aliphatic carbocycles. The van der Waals surface area contributed by atoms with Gasteiger partial charge in [0.05, 0.1) is 0 Å². The van der Waals surface area contributed by atoms with Crippen molar-refractivity contribution in [3.63, 3.8) is 0 Å². The highest BCUT2D eigenvalue weighted by atomic mass is 32.2. The maximum Gasteiger partial charge on any atom is 0.271 e. The summed E-state index contributed by atoms with van der Waals surface area (Å²) in [5.74, 6) is 2.20. The molecule has 2 aliphatic rings. The molecule has 0 spiro atoms. The highest BCUT2D eigenvalue weighted by molar-refractivity contribution is 7.99. The van der Waals surface area contributed by atoms with Crippen LogP contribution in [0.2, 0.25) is 0 Å². The van der Waals surface area contributed by atoms with Gasteiger partial charge in [0.25, 0.3) is 5.91 Å². The Hall–Kier alpha value is -1.49. The second kappa shape index (κ2) is 6.31. The number of benzene rings is 1. The third-order valence-electron chi connectivity index (χ3n) is 3.60. The fraction of sp³-hybridized carbons (Fsp3) is 0.467. The largest absolute Gasteiger partial charge is 0.387 e. The first kappa shape index (κ1) is 13.5. The second-order valence-corrected chi connectivity index (χ2v) is 6.23. The van der Waals surface area contributed by atoms with Gasteiger partial charge in [-0.2, -0.15) is 11.8 Å². The van der Waals surface area contributed by atoms with Gasteiger partial charge in [-0.15, -0.1) is 0 Å². The summed E-state index contributed by atoms with van der Waals surface area (Å²) in [4.78, 5) is 19.8. The minimum Gasteiger partial charge on any atom is -0.387 e. The molecule has 0 saturated carbocycles. The van der Waals surface area contributed by atoms with Crippen molar-refractivity contribution in [2.75, 3.05) is 24.6 Å². The fourth-order valence-corrected chi connectivity index (χ4v) is 3.37. The molecule has 4 nitrogen and oxygen atoms in total. The van der Waals surface area contributed by atoms with Crippen molar-refractivity contribution in [2.24, 2.45) is 5.16 Å². The summed E-state index contributed by atoms with van der Waals surface area (Å²) in [6, 6.07) is 9.95. The number of carbonyl (C=O) groups excluding carboxylic acids is 1. The molecule has 0 N–H and O–H groups in total. The van der Waals surface area contributed by atoms with Crippen molar-refractivity contribution in [3.05, 3.63) is 35.9 Å². The van der Waals surface area contributed by atoms with Gasteiger partial charge in [0.1, 0.15) is 5.71 Å². The minimum atomic E-state index is -0.114. The third kappa shape index (κ3) is 2.98. The quantitative estimate of drug-likeness (QED) is 0.840. The first-order valence-electron chi connectivity index (χ1n) is 6.99. The highest BCUT2D eigenvalue weighted by Gasteiger charge is 2.30. The van der Waals surface area contributed by atoms with Crippen LogP contribution in [0, 0.1) is 0 Å². The molecule has 1 saturated heterocycles. The van der Waals surface area contributed by atoms with Crippen molar-refractivity contribution in [2.45, 2.75) is 18.9 Å². The zero-order valence-electron chi connectivity index (χ0n) is 11.3. The second-order valence-electron chi connectivity index (χ2n) is 5.00. The van der Waals surface area contributed by atoms with Crippen molar-refractivity contribution in [1.29, 1.82) is 0 Å². The monoisotopic (exact) mass is 290 g/mol. The molecule has 1 aromatic carbocycles. The normalized spacial score (nSPS) is 22.9. The summed E-state index contributed by atoms with van der Waals surface area (Å²) in [5, 5.41) is 4.02. The molecule has 106 valence electrons. The molecule has 1 unspecified atom stereocenters. The predicted octanol–water partition coefficient (Wildman–Crippen LogP) is 2.47. The minimum absolute atomic E-state index is 0.0472. The van der Waals surface area contributed by atoms with E-state index in [-0.39, 0.29) is 12.0 Å². The van der Waals surface area contributed by atoms with E-state index in [0.29, 0.717) is 12.1 Å². The van der Waals surface area contributed by atoms with Gasteiger partial charge < -0.3 is 9.74 Å². The standard InChI is InChI=1S/C15H18N2O2S/c18-15(17-7-4-9-20-10-8-17)13-11-14(19-16-13)12-5-2-1-3-6-12/h1-3,5-6,14H,4,7-11H2. The van der Waals surface area contributed by atoms with Crippen LogP contribution in [0.25, 0.3) is 0 Å². The topological polar surface area (TPSA) is 41.9 Å². The first-order valence-corrected chi connectivity index (χ1v) is 8.15. The van der Waals surface area contributed by atoms with Crippen LogP contribution in [-0.2, 0) is 9.63 Å². The summed E-state index contributed by atoms with van der Waals surface area (Å²) in [5.41, 5.74) is 1.64. The van der Waals surface area contributed by atoms with E-state index in [9.17, 15) is 4.79 Å². The molecule has 0 aromatic heterocycles. The molecule has 0 bridgehead atoms. The average molecular weight is 290 g/mol. The molecule has 1 aromatic rings. The van der Waals surface area contributed by atoms with Crippen LogP contribution < -0.4 is 0 Å². The molecule has 2 aliphatic heterocycles. The van der Waals surface area contributed by atoms with Crippen molar-refractivity contribution >= 4 is 23.4 Å². The lowest BCUT2D eigenvalue weighted by Gasteiger charge is -2.19. The number of rotatable bonds is 2. The maximum atomic E-state index is 12.4. The van der Waals surface area contributed by atoms with Crippen LogP contribution in [0.4, 0.5) is 0 Å². The molecule has 0 radical (unpaired) electrons. The van der Waals surface area contributed by atoms with Gasteiger partial charge in [0, 0.05) is 25.3 Å². The van der Waals surface area contributed by atoms with E-state index in [4.69, 9.17) is 4.84 Å². The summed E-state index contributed by atoms with van der Waals surface area (Å²) in [7, 11) is 0. The SMILES string of the molecule is O=C(C1=NOC(c2ccccc2)C1)N1CCCSCC1. The van der Waals surface area contributed by atoms with Crippen LogP contribution in [-0.4, -0.2) is 41.1 Å². The van der Waals surface area contributed by atoms with E-state index in [0.717, 1.165) is 36.6 Å².